The van der Waals surface area contributed by atoms with Crippen LogP contribution in [0.3, 0.4) is 0 Å². The van der Waals surface area contributed by atoms with Gasteiger partial charge in [0.2, 0.25) is 0 Å². The van der Waals surface area contributed by atoms with Crippen LogP contribution in [0.25, 0.3) is 0 Å². The number of nitrogens with zero attached hydrogens (tertiary/aromatic N) is 1. The zero-order valence-corrected chi connectivity index (χ0v) is 7.06. The molecule has 1 fully saturated rings. The summed E-state index contributed by atoms with van der Waals surface area (Å²) in [5.41, 5.74) is 0. The molecular weight excluding hydrogens is 158 g/mol. The number of aldehydes is 1. The molecule has 0 heterocycles. The topological polar surface area (TPSA) is 57.6 Å². The smallest absolute Gasteiger partial charge is 0.407 e. The van der Waals surface area contributed by atoms with Crippen LogP contribution in [0.5, 0.6) is 0 Å². The summed E-state index contributed by atoms with van der Waals surface area (Å²) in [6.45, 7) is 0. The minimum atomic E-state index is -1.03. The molecule has 0 bridgehead atoms. The predicted octanol–water partition coefficient (Wildman–Crippen LogP) is 0.964. The number of carbonyl (C=O) groups is 2. The summed E-state index contributed by atoms with van der Waals surface area (Å²) < 4.78 is 0. The van der Waals surface area contributed by atoms with Crippen LogP contribution < -0.4 is 0 Å². The summed E-state index contributed by atoms with van der Waals surface area (Å²) in [4.78, 5) is 22.1. The summed E-state index contributed by atoms with van der Waals surface area (Å²) in [6.07, 6.45) is 2.64. The van der Waals surface area contributed by atoms with Gasteiger partial charge in [-0.15, -0.1) is 0 Å². The summed E-state index contributed by atoms with van der Waals surface area (Å²) in [5, 5.41) is 8.58. The Labute approximate surface area is 71.2 Å². The van der Waals surface area contributed by atoms with E-state index in [1.807, 2.05) is 0 Å². The van der Waals surface area contributed by atoms with Gasteiger partial charge in [-0.05, 0) is 12.3 Å². The third-order valence-corrected chi connectivity index (χ3v) is 2.23. The Morgan fingerprint density at radius 3 is 2.67 bits per heavy atom. The monoisotopic (exact) mass is 171 g/mol. The lowest BCUT2D eigenvalue weighted by molar-refractivity contribution is -0.111. The fraction of sp³-hybridized carbons (Fsp3) is 0.750. The number of hydrogen-bond acceptors (Lipinski definition) is 2. The van der Waals surface area contributed by atoms with Gasteiger partial charge < -0.3 is 14.8 Å². The molecule has 1 aliphatic rings. The fourth-order valence-electron chi connectivity index (χ4n) is 1.14. The highest BCUT2D eigenvalue weighted by Gasteiger charge is 2.28. The van der Waals surface area contributed by atoms with Gasteiger partial charge in [0.1, 0.15) is 6.29 Å². The number of likely N-dealkylation sites (N-methyl/N-ethyl adjacent to an activating group) is 1. The lowest BCUT2D eigenvalue weighted by Gasteiger charge is -2.19. The van der Waals surface area contributed by atoms with Gasteiger partial charge in [-0.2, -0.15) is 0 Å². The normalized spacial score (nSPS) is 18.4. The number of rotatable bonds is 4. The minimum absolute atomic E-state index is 0.449. The van der Waals surface area contributed by atoms with E-state index in [4.69, 9.17) is 5.11 Å². The van der Waals surface area contributed by atoms with Crippen molar-refractivity contribution in [2.45, 2.75) is 25.3 Å². The van der Waals surface area contributed by atoms with Gasteiger partial charge in [0.05, 0.1) is 6.04 Å². The van der Waals surface area contributed by atoms with E-state index in [1.54, 1.807) is 0 Å². The Balaban J connectivity index is 2.41. The van der Waals surface area contributed by atoms with Gasteiger partial charge in [0.25, 0.3) is 0 Å². The summed E-state index contributed by atoms with van der Waals surface area (Å²) in [5.74, 6) is 0.571. The molecule has 0 aromatic carbocycles. The predicted molar refractivity (Wildman–Crippen MR) is 43.0 cm³/mol. The molecule has 1 rings (SSSR count). The molecule has 0 aromatic heterocycles. The molecule has 12 heavy (non-hydrogen) atoms. The Hall–Kier alpha value is -1.06. The second-order valence-corrected chi connectivity index (χ2v) is 3.28. The molecule has 0 aromatic rings. The highest BCUT2D eigenvalue weighted by atomic mass is 16.4. The van der Waals surface area contributed by atoms with Crippen LogP contribution in [0.1, 0.15) is 19.3 Å². The molecule has 1 N–H and O–H groups in total. The van der Waals surface area contributed by atoms with Crippen molar-refractivity contribution in [1.29, 1.82) is 0 Å². The molecule has 1 atom stereocenters. The third kappa shape index (κ3) is 2.22. The molecule has 4 heteroatoms. The van der Waals surface area contributed by atoms with Gasteiger partial charge >= 0.3 is 6.09 Å². The van der Waals surface area contributed by atoms with Crippen LogP contribution in [0.4, 0.5) is 4.79 Å². The average molecular weight is 171 g/mol. The molecular formula is C8H13NO3. The first-order valence-electron chi connectivity index (χ1n) is 4.06. The van der Waals surface area contributed by atoms with E-state index >= 15 is 0 Å². The maximum Gasteiger partial charge on any atom is 0.407 e. The third-order valence-electron chi connectivity index (χ3n) is 2.23. The van der Waals surface area contributed by atoms with Crippen LogP contribution >= 0.6 is 0 Å². The molecule has 68 valence electrons. The van der Waals surface area contributed by atoms with Crippen molar-refractivity contribution in [3.8, 4) is 0 Å². The molecule has 0 saturated heterocycles. The van der Waals surface area contributed by atoms with Gasteiger partial charge in [-0.25, -0.2) is 4.79 Å². The molecule has 0 aliphatic heterocycles. The van der Waals surface area contributed by atoms with E-state index in [0.29, 0.717) is 18.6 Å². The molecule has 1 saturated carbocycles. The molecule has 0 radical (unpaired) electrons. The van der Waals surface area contributed by atoms with Crippen LogP contribution in [-0.2, 0) is 4.79 Å². The van der Waals surface area contributed by atoms with E-state index < -0.39 is 12.1 Å². The van der Waals surface area contributed by atoms with Crippen LogP contribution in [-0.4, -0.2) is 35.5 Å². The van der Waals surface area contributed by atoms with Crippen molar-refractivity contribution < 1.29 is 14.7 Å². The van der Waals surface area contributed by atoms with Crippen molar-refractivity contribution in [3.63, 3.8) is 0 Å². The molecule has 1 aliphatic carbocycles. The van der Waals surface area contributed by atoms with E-state index in [9.17, 15) is 9.59 Å². The average Bonchev–Trinajstić information content (AvgIpc) is 2.82. The zero-order chi connectivity index (χ0) is 9.14. The summed E-state index contributed by atoms with van der Waals surface area (Å²) in [7, 11) is 1.43. The van der Waals surface area contributed by atoms with Gasteiger partial charge in [0.15, 0.2) is 0 Å². The Kier molecular flexibility index (Phi) is 2.68. The standard InChI is InChI=1S/C8H13NO3/c1-9(8(11)12)7(5-10)4-6-2-3-6/h5-7H,2-4H2,1H3,(H,11,12). The fourth-order valence-corrected chi connectivity index (χ4v) is 1.14. The van der Waals surface area contributed by atoms with Crippen molar-refractivity contribution in [1.82, 2.24) is 4.90 Å². The minimum Gasteiger partial charge on any atom is -0.465 e. The quantitative estimate of drug-likeness (QED) is 0.641. The SMILES string of the molecule is CN(C(=O)O)C(C=O)CC1CC1. The number of hydrogen-bond donors (Lipinski definition) is 1. The second kappa shape index (κ2) is 3.56. The lowest BCUT2D eigenvalue weighted by atomic mass is 10.1. The van der Waals surface area contributed by atoms with E-state index in [1.165, 1.54) is 7.05 Å². The van der Waals surface area contributed by atoms with Gasteiger partial charge in [-0.3, -0.25) is 0 Å². The molecule has 4 nitrogen and oxygen atoms in total. The Morgan fingerprint density at radius 2 is 2.33 bits per heavy atom. The largest absolute Gasteiger partial charge is 0.465 e. The highest BCUT2D eigenvalue weighted by molar-refractivity contribution is 5.71. The number of carboxylic acid groups (broad SMARTS) is 1. The highest BCUT2D eigenvalue weighted by Crippen LogP contribution is 2.34. The summed E-state index contributed by atoms with van der Waals surface area (Å²) in [6, 6.07) is -0.449. The van der Waals surface area contributed by atoms with Crippen LogP contribution in [0.15, 0.2) is 0 Å². The maximum absolute atomic E-state index is 10.5. The first-order valence-corrected chi connectivity index (χ1v) is 4.06. The van der Waals surface area contributed by atoms with E-state index in [-0.39, 0.29) is 0 Å². The van der Waals surface area contributed by atoms with Crippen molar-refractivity contribution >= 4 is 12.4 Å². The van der Waals surface area contributed by atoms with Crippen molar-refractivity contribution in [2.24, 2.45) is 5.92 Å². The molecule has 0 spiro atoms. The van der Waals surface area contributed by atoms with Crippen molar-refractivity contribution in [3.05, 3.63) is 0 Å². The number of carbonyl (C=O) groups excluding carboxylic acids is 1. The zero-order valence-electron chi connectivity index (χ0n) is 7.06. The van der Waals surface area contributed by atoms with Crippen LogP contribution in [0.2, 0.25) is 0 Å². The maximum atomic E-state index is 10.5. The summed E-state index contributed by atoms with van der Waals surface area (Å²) >= 11 is 0. The van der Waals surface area contributed by atoms with Crippen molar-refractivity contribution in [2.75, 3.05) is 7.05 Å². The number of amides is 1. The Morgan fingerprint density at radius 1 is 1.75 bits per heavy atom. The lowest BCUT2D eigenvalue weighted by Crippen LogP contribution is -2.37. The van der Waals surface area contributed by atoms with E-state index in [2.05, 4.69) is 0 Å². The van der Waals surface area contributed by atoms with E-state index in [0.717, 1.165) is 17.7 Å². The second-order valence-electron chi connectivity index (χ2n) is 3.28. The van der Waals surface area contributed by atoms with Gasteiger partial charge in [-0.1, -0.05) is 12.8 Å². The van der Waals surface area contributed by atoms with Crippen LogP contribution in [0, 0.1) is 5.92 Å². The molecule has 1 unspecified atom stereocenters. The Bertz CT molecular complexity index is 189. The first kappa shape index (κ1) is 9.03. The van der Waals surface area contributed by atoms with Gasteiger partial charge in [0, 0.05) is 7.05 Å². The molecule has 1 amide bonds. The first-order chi connectivity index (χ1) is 5.65.